The Labute approximate surface area is 296 Å². The minimum absolute atomic E-state index is 0.907. The maximum atomic E-state index is 6.45. The van der Waals surface area contributed by atoms with Crippen LogP contribution in [0.3, 0.4) is 0 Å². The molecule has 1 heterocycles. The molecule has 10 aromatic rings. The molecule has 236 valence electrons. The van der Waals surface area contributed by atoms with E-state index in [1.54, 1.807) is 0 Å². The lowest BCUT2D eigenvalue weighted by atomic mass is 9.86. The predicted octanol–water partition coefficient (Wildman–Crippen LogP) is 14.2. The quantitative estimate of drug-likeness (QED) is 0.173. The van der Waals surface area contributed by atoms with Gasteiger partial charge in [-0.15, -0.1) is 0 Å². The molecule has 11 rings (SSSR count). The zero-order valence-corrected chi connectivity index (χ0v) is 27.7. The number of para-hydroxylation sites is 1. The Morgan fingerprint density at radius 3 is 1.65 bits per heavy atom. The fraction of sp³-hybridized carbons (Fsp3) is 0. The van der Waals surface area contributed by atoms with Crippen LogP contribution in [0, 0.1) is 0 Å². The van der Waals surface area contributed by atoms with Crippen LogP contribution < -0.4 is 4.74 Å². The molecule has 1 nitrogen and oxygen atoms in total. The summed E-state index contributed by atoms with van der Waals surface area (Å²) in [6.07, 6.45) is 0. The Kier molecular flexibility index (Phi) is 6.02. The van der Waals surface area contributed by atoms with Gasteiger partial charge in [-0.25, -0.2) is 0 Å². The molecule has 0 atom stereocenters. The van der Waals surface area contributed by atoms with E-state index in [2.05, 4.69) is 176 Å². The van der Waals surface area contributed by atoms with E-state index in [-0.39, 0.29) is 0 Å². The summed E-state index contributed by atoms with van der Waals surface area (Å²) in [5.41, 5.74) is 12.1. The monoisotopic (exact) mass is 646 g/mol. The van der Waals surface area contributed by atoms with Crippen molar-refractivity contribution in [1.29, 1.82) is 0 Å². The number of fused-ring (bicyclic) bond motifs is 2. The Balaban J connectivity index is 1.13. The summed E-state index contributed by atoms with van der Waals surface area (Å²) in [6.45, 7) is 0. The minimum Gasteiger partial charge on any atom is -0.456 e. The highest BCUT2D eigenvalue weighted by Gasteiger charge is 2.22. The molecule has 51 heavy (non-hydrogen) atoms. The predicted molar refractivity (Wildman–Crippen MR) is 215 cm³/mol. The lowest BCUT2D eigenvalue weighted by Gasteiger charge is -2.23. The molecule has 0 fully saturated rings. The lowest BCUT2D eigenvalue weighted by Crippen LogP contribution is -1.97. The van der Waals surface area contributed by atoms with Crippen LogP contribution in [0.4, 0.5) is 0 Å². The Hall–Kier alpha value is -6.70. The van der Waals surface area contributed by atoms with E-state index < -0.39 is 0 Å². The number of hydrogen-bond acceptors (Lipinski definition) is 1. The van der Waals surface area contributed by atoms with Crippen molar-refractivity contribution in [2.24, 2.45) is 0 Å². The molecule has 0 aromatic heterocycles. The first kappa shape index (κ1) is 28.2. The van der Waals surface area contributed by atoms with Crippen molar-refractivity contribution in [2.45, 2.75) is 0 Å². The van der Waals surface area contributed by atoms with Crippen LogP contribution in [0.15, 0.2) is 182 Å². The molecule has 0 unspecified atom stereocenters. The van der Waals surface area contributed by atoms with Crippen molar-refractivity contribution >= 4 is 43.1 Å². The Bertz CT molecular complexity index is 2960. The van der Waals surface area contributed by atoms with E-state index in [0.717, 1.165) is 22.4 Å². The largest absolute Gasteiger partial charge is 0.456 e. The summed E-state index contributed by atoms with van der Waals surface area (Å²) >= 11 is 0. The molecule has 0 N–H and O–H groups in total. The molecule has 0 bridgehead atoms. The van der Waals surface area contributed by atoms with Crippen molar-refractivity contribution in [3.05, 3.63) is 182 Å². The average Bonchev–Trinajstić information content (AvgIpc) is 3.20. The molecule has 0 spiro atoms. The number of ether oxygens (including phenoxy) is 1. The lowest BCUT2D eigenvalue weighted by molar-refractivity contribution is 0.487. The second-order valence-electron chi connectivity index (χ2n) is 13.7. The third kappa shape index (κ3) is 4.35. The van der Waals surface area contributed by atoms with Gasteiger partial charge in [-0.2, -0.15) is 0 Å². The van der Waals surface area contributed by atoms with Gasteiger partial charge in [0.1, 0.15) is 11.5 Å². The van der Waals surface area contributed by atoms with Gasteiger partial charge in [0.05, 0.1) is 0 Å². The first-order valence-corrected chi connectivity index (χ1v) is 17.6. The van der Waals surface area contributed by atoms with Gasteiger partial charge in [-0.1, -0.05) is 140 Å². The van der Waals surface area contributed by atoms with Gasteiger partial charge in [0.2, 0.25) is 0 Å². The SMILES string of the molecule is c1ccc(-c2cc(-c3cc4ccc5ccc(-c6ccccc6)c6ccc(c3)c4c56)cc(-c3ccc4c5c(cccc35)-c3ccccc3O4)c2)cc1. The Morgan fingerprint density at radius 1 is 0.255 bits per heavy atom. The number of benzene rings is 10. The zero-order chi connectivity index (χ0) is 33.5. The topological polar surface area (TPSA) is 9.23 Å². The van der Waals surface area contributed by atoms with Crippen LogP contribution in [0.2, 0.25) is 0 Å². The molecule has 0 aliphatic carbocycles. The van der Waals surface area contributed by atoms with Gasteiger partial charge in [0.15, 0.2) is 0 Å². The molecule has 0 radical (unpaired) electrons. The van der Waals surface area contributed by atoms with Gasteiger partial charge in [0, 0.05) is 10.9 Å². The minimum atomic E-state index is 0.907. The van der Waals surface area contributed by atoms with Gasteiger partial charge >= 0.3 is 0 Å². The summed E-state index contributed by atoms with van der Waals surface area (Å²) in [4.78, 5) is 0. The van der Waals surface area contributed by atoms with Crippen LogP contribution >= 0.6 is 0 Å². The van der Waals surface area contributed by atoms with Crippen LogP contribution in [0.5, 0.6) is 11.5 Å². The summed E-state index contributed by atoms with van der Waals surface area (Å²) < 4.78 is 6.45. The van der Waals surface area contributed by atoms with Crippen LogP contribution in [0.1, 0.15) is 0 Å². The molecule has 10 aromatic carbocycles. The third-order valence-corrected chi connectivity index (χ3v) is 10.8. The number of rotatable bonds is 4. The van der Waals surface area contributed by atoms with Crippen LogP contribution in [-0.4, -0.2) is 0 Å². The van der Waals surface area contributed by atoms with E-state index in [4.69, 9.17) is 4.74 Å². The van der Waals surface area contributed by atoms with Crippen molar-refractivity contribution in [1.82, 2.24) is 0 Å². The van der Waals surface area contributed by atoms with Gasteiger partial charge in [0.25, 0.3) is 0 Å². The van der Waals surface area contributed by atoms with Gasteiger partial charge in [-0.05, 0) is 130 Å². The van der Waals surface area contributed by atoms with E-state index in [1.807, 2.05) is 6.07 Å². The van der Waals surface area contributed by atoms with Crippen LogP contribution in [0.25, 0.3) is 98.7 Å². The van der Waals surface area contributed by atoms with E-state index in [0.29, 0.717) is 0 Å². The molecular formula is C50H30O. The van der Waals surface area contributed by atoms with Crippen molar-refractivity contribution < 1.29 is 4.74 Å². The summed E-state index contributed by atoms with van der Waals surface area (Å²) in [7, 11) is 0. The van der Waals surface area contributed by atoms with E-state index in [9.17, 15) is 0 Å². The Morgan fingerprint density at radius 2 is 0.824 bits per heavy atom. The fourth-order valence-electron chi connectivity index (χ4n) is 8.43. The van der Waals surface area contributed by atoms with Crippen molar-refractivity contribution in [3.63, 3.8) is 0 Å². The maximum absolute atomic E-state index is 6.45. The highest BCUT2D eigenvalue weighted by molar-refractivity contribution is 6.26. The molecule has 0 saturated carbocycles. The maximum Gasteiger partial charge on any atom is 0.135 e. The zero-order valence-electron chi connectivity index (χ0n) is 27.7. The normalized spacial score (nSPS) is 12.1. The fourth-order valence-corrected chi connectivity index (χ4v) is 8.43. The summed E-state index contributed by atoms with van der Waals surface area (Å²) in [5, 5.41) is 10.1. The van der Waals surface area contributed by atoms with Crippen LogP contribution in [-0.2, 0) is 0 Å². The molecular weight excluding hydrogens is 617 g/mol. The van der Waals surface area contributed by atoms with Gasteiger partial charge in [-0.3, -0.25) is 0 Å². The van der Waals surface area contributed by atoms with Crippen molar-refractivity contribution in [2.75, 3.05) is 0 Å². The molecule has 0 amide bonds. The summed E-state index contributed by atoms with van der Waals surface area (Å²) in [6, 6.07) is 66.4. The van der Waals surface area contributed by atoms with Crippen molar-refractivity contribution in [3.8, 4) is 67.1 Å². The third-order valence-electron chi connectivity index (χ3n) is 10.8. The highest BCUT2D eigenvalue weighted by atomic mass is 16.5. The molecule has 1 heteroatoms. The average molecular weight is 647 g/mol. The van der Waals surface area contributed by atoms with E-state index >= 15 is 0 Å². The summed E-state index contributed by atoms with van der Waals surface area (Å²) in [5.74, 6) is 1.81. The smallest absolute Gasteiger partial charge is 0.135 e. The molecule has 1 aliphatic rings. The second-order valence-corrected chi connectivity index (χ2v) is 13.7. The number of hydrogen-bond donors (Lipinski definition) is 0. The first-order chi connectivity index (χ1) is 25.3. The highest BCUT2D eigenvalue weighted by Crippen LogP contribution is 2.49. The molecule has 1 aliphatic heterocycles. The first-order valence-electron chi connectivity index (χ1n) is 17.6. The standard InChI is InChI=1S/C50H30O/c1-3-10-31(11-4-1)36-28-38(30-39(29-36)41-24-25-47-50-43(41)15-9-16-44(50)42-14-7-8-17-46(42)51-47)37-26-34-19-18-33-20-22-40(32-12-5-2-6-13-32)45-23-21-35(27-37)48(34)49(33)45/h1-30H. The second kappa shape index (κ2) is 10.9. The van der Waals surface area contributed by atoms with E-state index in [1.165, 1.54) is 87.8 Å². The molecule has 0 saturated heterocycles. The van der Waals surface area contributed by atoms with Gasteiger partial charge < -0.3 is 4.74 Å².